The monoisotopic (exact) mass is 623 g/mol. The molecule has 12 nitrogen and oxygen atoms in total. The molecule has 0 spiro atoms. The zero-order valence-corrected chi connectivity index (χ0v) is 26.4. The number of fused-ring (bicyclic) bond motifs is 2. The Labute approximate surface area is 268 Å². The molecule has 3 aliphatic rings. The van der Waals surface area contributed by atoms with E-state index in [1.165, 1.54) is 0 Å². The number of carbonyl (C=O) groups is 3. The number of amides is 3. The summed E-state index contributed by atoms with van der Waals surface area (Å²) in [6.45, 7) is 5.58. The number of hydrogen-bond donors (Lipinski definition) is 4. The van der Waals surface area contributed by atoms with Crippen molar-refractivity contribution in [1.82, 2.24) is 41.5 Å². The van der Waals surface area contributed by atoms with Gasteiger partial charge in [0.2, 0.25) is 5.91 Å². The predicted molar refractivity (Wildman–Crippen MR) is 170 cm³/mol. The standard InChI is InChI=1S/C34H41N9O3/c1-3-36-31(45)24-11-13-27-22(16-24)9-10-23-17-25(32(46)37-4-2)12-14-28(23)34(27,33-39-41-42-40-33)18-29(21-7-8-21)38-20-30(44)43-15-5-6-26(43)19-35/h11-14,16-17,21,26,29,38H,3-10,15,18,20H2,1-2H3,(H,36,45)(H,37,46)(H,39,40,41,42)/t26?,29-/m0/s1. The number of tetrazole rings is 1. The molecule has 2 aromatic carbocycles. The van der Waals surface area contributed by atoms with Gasteiger partial charge < -0.3 is 20.9 Å². The van der Waals surface area contributed by atoms with Gasteiger partial charge in [-0.3, -0.25) is 14.4 Å². The summed E-state index contributed by atoms with van der Waals surface area (Å²) in [4.78, 5) is 40.9. The van der Waals surface area contributed by atoms with Crippen LogP contribution in [0.4, 0.5) is 0 Å². The van der Waals surface area contributed by atoms with Crippen LogP contribution in [0.3, 0.4) is 0 Å². The minimum absolute atomic E-state index is 0.0649. The van der Waals surface area contributed by atoms with Crippen LogP contribution in [-0.2, 0) is 23.1 Å². The first kappa shape index (κ1) is 31.4. The summed E-state index contributed by atoms with van der Waals surface area (Å²) in [6, 6.07) is 13.5. The highest BCUT2D eigenvalue weighted by atomic mass is 16.2. The highest BCUT2D eigenvalue weighted by Crippen LogP contribution is 2.49. The maximum atomic E-state index is 13.3. The van der Waals surface area contributed by atoms with Crippen molar-refractivity contribution in [3.05, 3.63) is 75.6 Å². The van der Waals surface area contributed by atoms with Crippen LogP contribution in [0.5, 0.6) is 0 Å². The summed E-state index contributed by atoms with van der Waals surface area (Å²) in [5.74, 6) is 0.587. The summed E-state index contributed by atoms with van der Waals surface area (Å²) in [6.07, 6.45) is 5.47. The SMILES string of the molecule is CCNC(=O)c1ccc2c(c1)CCc1cc(C(=O)NCC)ccc1C2(C[C@H](NCC(=O)N1CCCC1C#N)C1CC1)c1nnn[nH]1. The molecule has 1 saturated heterocycles. The molecule has 1 aromatic heterocycles. The Bertz CT molecular complexity index is 1570. The van der Waals surface area contributed by atoms with Crippen molar-refractivity contribution in [3.8, 4) is 6.07 Å². The van der Waals surface area contributed by atoms with Crippen molar-refractivity contribution in [3.63, 3.8) is 0 Å². The molecule has 240 valence electrons. The molecule has 2 heterocycles. The molecule has 12 heteroatoms. The number of rotatable bonds is 11. The fourth-order valence-corrected chi connectivity index (χ4v) is 7.32. The van der Waals surface area contributed by atoms with Crippen LogP contribution in [0.1, 0.15) is 94.7 Å². The lowest BCUT2D eigenvalue weighted by atomic mass is 9.67. The van der Waals surface area contributed by atoms with Crippen LogP contribution in [0.25, 0.3) is 0 Å². The lowest BCUT2D eigenvalue weighted by Gasteiger charge is -2.38. The number of likely N-dealkylation sites (tertiary alicyclic amines) is 1. The maximum absolute atomic E-state index is 13.3. The molecule has 1 aliphatic heterocycles. The van der Waals surface area contributed by atoms with E-state index in [0.29, 0.717) is 68.2 Å². The fourth-order valence-electron chi connectivity index (χ4n) is 7.32. The molecular weight excluding hydrogens is 582 g/mol. The van der Waals surface area contributed by atoms with Crippen LogP contribution in [0.2, 0.25) is 0 Å². The van der Waals surface area contributed by atoms with E-state index in [0.717, 1.165) is 41.5 Å². The number of H-pyrrole nitrogens is 1. The number of nitriles is 1. The Kier molecular flexibility index (Phi) is 9.12. The summed E-state index contributed by atoms with van der Waals surface area (Å²) >= 11 is 0. The van der Waals surface area contributed by atoms with Gasteiger partial charge in [0.1, 0.15) is 6.04 Å². The van der Waals surface area contributed by atoms with Crippen LogP contribution in [-0.4, -0.2) is 81.5 Å². The molecule has 2 atom stereocenters. The first-order chi connectivity index (χ1) is 22.4. The smallest absolute Gasteiger partial charge is 0.251 e. The Hall–Kier alpha value is -4.63. The van der Waals surface area contributed by atoms with Gasteiger partial charge in [-0.2, -0.15) is 5.26 Å². The summed E-state index contributed by atoms with van der Waals surface area (Å²) in [7, 11) is 0. The van der Waals surface area contributed by atoms with E-state index >= 15 is 0 Å². The number of aromatic amines is 1. The Morgan fingerprint density at radius 2 is 1.63 bits per heavy atom. The van der Waals surface area contributed by atoms with Crippen LogP contribution in [0.15, 0.2) is 36.4 Å². The van der Waals surface area contributed by atoms with E-state index in [2.05, 4.69) is 42.6 Å². The number of carbonyl (C=O) groups excluding carboxylic acids is 3. The van der Waals surface area contributed by atoms with Gasteiger partial charge in [-0.25, -0.2) is 5.10 Å². The topological polar surface area (TPSA) is 169 Å². The molecule has 0 radical (unpaired) electrons. The molecule has 1 saturated carbocycles. The Morgan fingerprint density at radius 1 is 1.00 bits per heavy atom. The average molecular weight is 624 g/mol. The van der Waals surface area contributed by atoms with Crippen molar-refractivity contribution < 1.29 is 14.4 Å². The van der Waals surface area contributed by atoms with Crippen molar-refractivity contribution in [2.75, 3.05) is 26.2 Å². The largest absolute Gasteiger partial charge is 0.352 e. The van der Waals surface area contributed by atoms with Crippen molar-refractivity contribution in [2.45, 2.75) is 76.3 Å². The van der Waals surface area contributed by atoms with E-state index < -0.39 is 5.41 Å². The van der Waals surface area contributed by atoms with Gasteiger partial charge in [-0.15, -0.1) is 5.10 Å². The number of aryl methyl sites for hydroxylation is 2. The quantitative estimate of drug-likeness (QED) is 0.252. The van der Waals surface area contributed by atoms with Gasteiger partial charge in [-0.05, 0) is 122 Å². The molecule has 6 rings (SSSR count). The Balaban J connectivity index is 1.46. The first-order valence-electron chi connectivity index (χ1n) is 16.4. The lowest BCUT2D eigenvalue weighted by molar-refractivity contribution is -0.130. The second-order valence-corrected chi connectivity index (χ2v) is 12.5. The van der Waals surface area contributed by atoms with Gasteiger partial charge in [0.15, 0.2) is 5.82 Å². The second-order valence-electron chi connectivity index (χ2n) is 12.5. The molecule has 3 aromatic rings. The third kappa shape index (κ3) is 5.99. The van der Waals surface area contributed by atoms with E-state index in [4.69, 9.17) is 0 Å². The van der Waals surface area contributed by atoms with Gasteiger partial charge in [0.25, 0.3) is 11.8 Å². The van der Waals surface area contributed by atoms with Gasteiger partial charge in [0.05, 0.1) is 18.0 Å². The van der Waals surface area contributed by atoms with Crippen molar-refractivity contribution >= 4 is 17.7 Å². The molecule has 2 aliphatic carbocycles. The number of aromatic nitrogens is 4. The maximum Gasteiger partial charge on any atom is 0.251 e. The van der Waals surface area contributed by atoms with E-state index in [1.807, 2.05) is 50.2 Å². The average Bonchev–Trinajstić information content (AvgIpc) is 3.57. The summed E-state index contributed by atoms with van der Waals surface area (Å²) < 4.78 is 0. The third-order valence-corrected chi connectivity index (χ3v) is 9.70. The molecule has 1 unspecified atom stereocenters. The molecule has 4 N–H and O–H groups in total. The molecule has 3 amide bonds. The van der Waals surface area contributed by atoms with E-state index in [-0.39, 0.29) is 36.3 Å². The molecule has 0 bridgehead atoms. The normalized spacial score (nSPS) is 18.9. The minimum Gasteiger partial charge on any atom is -0.352 e. The highest BCUT2D eigenvalue weighted by Gasteiger charge is 2.48. The summed E-state index contributed by atoms with van der Waals surface area (Å²) in [5.41, 5.74) is 4.30. The van der Waals surface area contributed by atoms with Crippen molar-refractivity contribution in [1.29, 1.82) is 5.26 Å². The van der Waals surface area contributed by atoms with E-state index in [1.54, 1.807) is 4.90 Å². The number of benzene rings is 2. The minimum atomic E-state index is -0.865. The number of hydrogen-bond acceptors (Lipinski definition) is 8. The van der Waals surface area contributed by atoms with Gasteiger partial charge in [-0.1, -0.05) is 12.1 Å². The van der Waals surface area contributed by atoms with Gasteiger partial charge in [0, 0.05) is 36.8 Å². The predicted octanol–water partition coefficient (Wildman–Crippen LogP) is 2.40. The van der Waals surface area contributed by atoms with Gasteiger partial charge >= 0.3 is 0 Å². The van der Waals surface area contributed by atoms with Crippen LogP contribution in [0, 0.1) is 17.2 Å². The highest BCUT2D eigenvalue weighted by molar-refractivity contribution is 5.95. The van der Waals surface area contributed by atoms with Crippen molar-refractivity contribution in [2.24, 2.45) is 5.92 Å². The third-order valence-electron chi connectivity index (χ3n) is 9.70. The summed E-state index contributed by atoms with van der Waals surface area (Å²) in [5, 5.41) is 34.6. The number of nitrogens with one attached hydrogen (secondary N) is 4. The van der Waals surface area contributed by atoms with Crippen LogP contribution < -0.4 is 16.0 Å². The van der Waals surface area contributed by atoms with E-state index in [9.17, 15) is 19.6 Å². The fraction of sp³-hybridized carbons (Fsp3) is 0.500. The molecule has 2 fully saturated rings. The Morgan fingerprint density at radius 3 is 2.15 bits per heavy atom. The second kappa shape index (κ2) is 13.4. The molecule has 46 heavy (non-hydrogen) atoms. The zero-order valence-electron chi connectivity index (χ0n) is 26.4. The molecular formula is C34H41N9O3. The zero-order chi connectivity index (χ0) is 32.3. The lowest BCUT2D eigenvalue weighted by Crippen LogP contribution is -2.47. The first-order valence-corrected chi connectivity index (χ1v) is 16.4. The van der Waals surface area contributed by atoms with Crippen LogP contribution >= 0.6 is 0 Å². The number of nitrogens with zero attached hydrogens (tertiary/aromatic N) is 5.